The van der Waals surface area contributed by atoms with Gasteiger partial charge in [-0.1, -0.05) is 34.6 Å². The Kier molecular flexibility index (Phi) is 3.91. The van der Waals surface area contributed by atoms with Gasteiger partial charge in [-0.05, 0) is 18.3 Å². The molecular weight excluding hydrogens is 172 g/mol. The zero-order valence-corrected chi connectivity index (χ0v) is 9.49. The zero-order chi connectivity index (χ0) is 9.99. The van der Waals surface area contributed by atoms with E-state index in [0.717, 1.165) is 12.8 Å². The molecular formula is C9H20O2S. The lowest BCUT2D eigenvalue weighted by Gasteiger charge is -2.40. The van der Waals surface area contributed by atoms with Gasteiger partial charge in [-0.3, -0.25) is 0 Å². The van der Waals surface area contributed by atoms with Crippen LogP contribution in [-0.4, -0.2) is 13.5 Å². The Morgan fingerprint density at radius 3 is 1.50 bits per heavy atom. The van der Waals surface area contributed by atoms with Gasteiger partial charge in [0.1, 0.15) is 0 Å². The summed E-state index contributed by atoms with van der Waals surface area (Å²) in [5, 5.41) is 0. The fourth-order valence-corrected chi connectivity index (χ4v) is 2.84. The lowest BCUT2D eigenvalue weighted by molar-refractivity contribution is 0.246. The molecule has 0 fully saturated rings. The van der Waals surface area contributed by atoms with Crippen molar-refractivity contribution in [3.8, 4) is 0 Å². The molecule has 0 aromatic carbocycles. The highest BCUT2D eigenvalue weighted by atomic mass is 32.2. The maximum absolute atomic E-state index is 11.2. The van der Waals surface area contributed by atoms with Crippen LogP contribution in [0.25, 0.3) is 0 Å². The van der Waals surface area contributed by atoms with Gasteiger partial charge in [0, 0.05) is 0 Å². The van der Waals surface area contributed by atoms with E-state index < -0.39 is 15.8 Å². The smallest absolute Gasteiger partial charge is 0.159 e. The van der Waals surface area contributed by atoms with Gasteiger partial charge < -0.3 is 4.55 Å². The standard InChI is InChI=1S/C9H20O2S/c1-6-9(7-2,12(10)11)8(3,4)5/h6-7H2,1-5H3,(H,10,11). The van der Waals surface area contributed by atoms with Crippen LogP contribution in [0.1, 0.15) is 47.5 Å². The molecule has 0 aliphatic rings. The van der Waals surface area contributed by atoms with Crippen LogP contribution in [0.5, 0.6) is 0 Å². The summed E-state index contributed by atoms with van der Waals surface area (Å²) < 4.78 is 20.1. The predicted molar refractivity (Wildman–Crippen MR) is 53.5 cm³/mol. The summed E-state index contributed by atoms with van der Waals surface area (Å²) in [7, 11) is 0. The maximum atomic E-state index is 11.2. The summed E-state index contributed by atoms with van der Waals surface area (Å²) in [5.41, 5.74) is -0.115. The zero-order valence-electron chi connectivity index (χ0n) is 8.68. The van der Waals surface area contributed by atoms with Gasteiger partial charge in [0.2, 0.25) is 0 Å². The molecule has 12 heavy (non-hydrogen) atoms. The molecule has 0 aliphatic carbocycles. The molecule has 0 bridgehead atoms. The van der Waals surface area contributed by atoms with Crippen molar-refractivity contribution in [3.63, 3.8) is 0 Å². The van der Waals surface area contributed by atoms with E-state index in [1.807, 2.05) is 34.6 Å². The average molecular weight is 192 g/mol. The van der Waals surface area contributed by atoms with Gasteiger partial charge in [0.25, 0.3) is 0 Å². The molecule has 0 aromatic rings. The molecule has 0 heterocycles. The monoisotopic (exact) mass is 192 g/mol. The first-order valence-electron chi connectivity index (χ1n) is 4.42. The van der Waals surface area contributed by atoms with E-state index in [4.69, 9.17) is 0 Å². The van der Waals surface area contributed by atoms with Gasteiger partial charge >= 0.3 is 0 Å². The second-order valence-corrected chi connectivity index (χ2v) is 5.48. The van der Waals surface area contributed by atoms with Crippen LogP contribution >= 0.6 is 0 Å². The molecule has 2 nitrogen and oxygen atoms in total. The van der Waals surface area contributed by atoms with Crippen LogP contribution in [0.3, 0.4) is 0 Å². The Hall–Kier alpha value is 0.110. The summed E-state index contributed by atoms with van der Waals surface area (Å²) in [4.78, 5) is 0. The normalized spacial score (nSPS) is 16.2. The fourth-order valence-electron chi connectivity index (χ4n) is 1.82. The number of rotatable bonds is 3. The molecule has 0 aliphatic heterocycles. The largest absolute Gasteiger partial charge is 0.306 e. The molecule has 1 N–H and O–H groups in total. The van der Waals surface area contributed by atoms with Crippen molar-refractivity contribution in [2.75, 3.05) is 0 Å². The van der Waals surface area contributed by atoms with Crippen molar-refractivity contribution in [2.45, 2.75) is 52.2 Å². The van der Waals surface area contributed by atoms with Crippen LogP contribution in [0.4, 0.5) is 0 Å². The summed E-state index contributed by atoms with van der Waals surface area (Å²) in [6.07, 6.45) is 1.49. The summed E-state index contributed by atoms with van der Waals surface area (Å²) >= 11 is -1.73. The molecule has 0 aromatic heterocycles. The van der Waals surface area contributed by atoms with Gasteiger partial charge in [-0.15, -0.1) is 0 Å². The fraction of sp³-hybridized carbons (Fsp3) is 1.00. The van der Waals surface area contributed by atoms with Crippen molar-refractivity contribution >= 4 is 11.1 Å². The average Bonchev–Trinajstić information content (AvgIpc) is 1.87. The van der Waals surface area contributed by atoms with Crippen LogP contribution in [0.15, 0.2) is 0 Å². The topological polar surface area (TPSA) is 37.3 Å². The molecule has 0 spiro atoms. The predicted octanol–water partition coefficient (Wildman–Crippen LogP) is 2.81. The molecule has 0 rings (SSSR count). The Bertz CT molecular complexity index is 166. The quantitative estimate of drug-likeness (QED) is 0.698. The minimum Gasteiger partial charge on any atom is -0.306 e. The lowest BCUT2D eigenvalue weighted by Crippen LogP contribution is -2.45. The van der Waals surface area contributed by atoms with Crippen molar-refractivity contribution in [1.29, 1.82) is 0 Å². The van der Waals surface area contributed by atoms with Crippen molar-refractivity contribution < 1.29 is 8.76 Å². The highest BCUT2D eigenvalue weighted by Gasteiger charge is 2.44. The number of hydrogen-bond donors (Lipinski definition) is 1. The van der Waals surface area contributed by atoms with Crippen molar-refractivity contribution in [3.05, 3.63) is 0 Å². The first-order chi connectivity index (χ1) is 5.31. The van der Waals surface area contributed by atoms with Crippen molar-refractivity contribution in [1.82, 2.24) is 0 Å². The third-order valence-electron chi connectivity index (χ3n) is 2.84. The highest BCUT2D eigenvalue weighted by molar-refractivity contribution is 7.80. The number of hydrogen-bond acceptors (Lipinski definition) is 1. The Labute approximate surface area is 78.0 Å². The summed E-state index contributed by atoms with van der Waals surface area (Å²) in [6.45, 7) is 10.0. The van der Waals surface area contributed by atoms with Gasteiger partial charge in [-0.25, -0.2) is 4.21 Å². The lowest BCUT2D eigenvalue weighted by atomic mass is 9.76. The van der Waals surface area contributed by atoms with Gasteiger partial charge in [0.05, 0.1) is 4.75 Å². The molecule has 0 saturated heterocycles. The second-order valence-electron chi connectivity index (χ2n) is 4.20. The first kappa shape index (κ1) is 12.1. The maximum Gasteiger partial charge on any atom is 0.159 e. The summed E-state index contributed by atoms with van der Waals surface area (Å²) in [6, 6.07) is 0. The molecule has 0 saturated carbocycles. The Balaban J connectivity index is 4.97. The van der Waals surface area contributed by atoms with Crippen LogP contribution in [-0.2, 0) is 11.1 Å². The molecule has 3 heteroatoms. The minimum atomic E-state index is -1.73. The molecule has 1 atom stereocenters. The van der Waals surface area contributed by atoms with Crippen LogP contribution in [0.2, 0.25) is 0 Å². The van der Waals surface area contributed by atoms with E-state index in [9.17, 15) is 8.76 Å². The molecule has 0 radical (unpaired) electrons. The van der Waals surface area contributed by atoms with Crippen LogP contribution in [0, 0.1) is 5.41 Å². The first-order valence-corrected chi connectivity index (χ1v) is 5.53. The third-order valence-corrected chi connectivity index (χ3v) is 4.70. The van der Waals surface area contributed by atoms with Gasteiger partial charge in [-0.2, -0.15) is 0 Å². The minimum absolute atomic E-state index is 0.115. The van der Waals surface area contributed by atoms with E-state index in [1.165, 1.54) is 0 Å². The van der Waals surface area contributed by atoms with Crippen molar-refractivity contribution in [2.24, 2.45) is 5.41 Å². The third kappa shape index (κ3) is 1.88. The van der Waals surface area contributed by atoms with E-state index >= 15 is 0 Å². The molecule has 0 amide bonds. The SMILES string of the molecule is CCC(CC)(S(=O)O)C(C)(C)C. The molecule has 74 valence electrons. The van der Waals surface area contributed by atoms with Crippen LogP contribution < -0.4 is 0 Å². The van der Waals surface area contributed by atoms with E-state index in [-0.39, 0.29) is 5.41 Å². The Morgan fingerprint density at radius 1 is 1.17 bits per heavy atom. The highest BCUT2D eigenvalue weighted by Crippen LogP contribution is 2.40. The van der Waals surface area contributed by atoms with E-state index in [2.05, 4.69) is 0 Å². The second kappa shape index (κ2) is 3.88. The summed E-state index contributed by atoms with van der Waals surface area (Å²) in [5.74, 6) is 0. The molecule has 1 unspecified atom stereocenters. The van der Waals surface area contributed by atoms with E-state index in [1.54, 1.807) is 0 Å². The van der Waals surface area contributed by atoms with E-state index in [0.29, 0.717) is 0 Å². The van der Waals surface area contributed by atoms with Gasteiger partial charge in [0.15, 0.2) is 11.1 Å². The Morgan fingerprint density at radius 2 is 1.50 bits per heavy atom.